The minimum atomic E-state index is -0.365. The van der Waals surface area contributed by atoms with E-state index in [-0.39, 0.29) is 48.7 Å². The standard InChI is InChI=1S/C130H107NO2/c1-122(2,3)76-42-44-77(45-43-76)131(78-46-54-88-94-66-110-96(68-108(94)127(12,13)106(88)62-78)118-112(129(110,16)17)64-92(116-90-30-22-26-34-114(90)132-120(116)118)74-40-52-86-84-50-38-72(58-102(84)125(8,9)104(86)60-74)70-36-48-82-80-28-20-24-32-98(80)123(4,5)100(82)56-70)79-47-55-89-95-67-111-97(69-109(95)128(14,15)107(89)63-79)119-113(130(111,18)19)65-93(117-91-31-23-27-35-115(91)133-121(117)119)75-41-53-87-85-51-39-73(59-103(85)126(10,11)105(87)61-75)71-37-49-83-81-29-21-25-33-99(81)124(6,7)101(83)57-71/h20-69H,1-19H3. The largest absolute Gasteiger partial charge is 0.455 e. The molecule has 0 unspecified atom stereocenters. The van der Waals surface area contributed by atoms with E-state index < -0.39 is 0 Å². The Morgan fingerprint density at radius 2 is 0.444 bits per heavy atom. The Hall–Kier alpha value is -13.9. The van der Waals surface area contributed by atoms with Gasteiger partial charge in [0.15, 0.2) is 0 Å². The van der Waals surface area contributed by atoms with Crippen LogP contribution in [0, 0.1) is 0 Å². The Morgan fingerprint density at radius 3 is 0.805 bits per heavy atom. The molecule has 0 spiro atoms. The van der Waals surface area contributed by atoms with Gasteiger partial charge in [-0.3, -0.25) is 0 Å². The van der Waals surface area contributed by atoms with Crippen molar-refractivity contribution < 1.29 is 8.83 Å². The SMILES string of the molecule is CC(C)(C)c1ccc(N(c2ccc3c(c2)C(C)(C)c2cc4c(cc2-3)C(C)(C)c2cc(-c3ccc5c(c3)C(C)(C)c3cc(-c6ccc7c(c6)C(C)(C)c6ccccc6-7)ccc3-5)c3c(oc5ccccc53)c2-4)c2ccc3c(c2)C(C)(C)c2cc4c(cc2-3)C(C)(C)c2cc(-c3ccc5c(c3)C(C)(C)c3cc(-c6ccc7c(c6)C(C)(C)c6ccccc6-7)ccc3-5)c3c(oc5ccccc53)c2-4)cc1. The third-order valence-electron chi connectivity index (χ3n) is 34.4. The number of hydrogen-bond donors (Lipinski definition) is 0. The van der Waals surface area contributed by atoms with Gasteiger partial charge in [-0.05, 0) is 344 Å². The lowest BCUT2D eigenvalue weighted by molar-refractivity contribution is 0.590. The van der Waals surface area contributed by atoms with Crippen molar-refractivity contribution in [1.82, 2.24) is 0 Å². The quantitative estimate of drug-likeness (QED) is 0.159. The van der Waals surface area contributed by atoms with Gasteiger partial charge in [-0.15, -0.1) is 0 Å². The summed E-state index contributed by atoms with van der Waals surface area (Å²) in [5.41, 5.74) is 58.8. The van der Waals surface area contributed by atoms with Gasteiger partial charge in [0.1, 0.15) is 22.3 Å². The van der Waals surface area contributed by atoms with Crippen molar-refractivity contribution in [2.75, 3.05) is 4.90 Å². The Morgan fingerprint density at radius 1 is 0.195 bits per heavy atom. The minimum absolute atomic E-state index is 0.0228. The summed E-state index contributed by atoms with van der Waals surface area (Å²) >= 11 is 0. The molecular weight excluding hydrogens is 1610 g/mol. The first-order valence-electron chi connectivity index (χ1n) is 48.2. The summed E-state index contributed by atoms with van der Waals surface area (Å²) in [4.78, 5) is 2.54. The van der Waals surface area contributed by atoms with Crippen molar-refractivity contribution in [3.8, 4) is 134 Å². The van der Waals surface area contributed by atoms with E-state index in [1.807, 2.05) is 0 Å². The van der Waals surface area contributed by atoms with Crippen molar-refractivity contribution in [2.45, 2.75) is 180 Å². The topological polar surface area (TPSA) is 29.5 Å². The van der Waals surface area contributed by atoms with Crippen molar-refractivity contribution in [3.05, 3.63) is 398 Å². The monoisotopic (exact) mass is 1710 g/mol. The molecule has 8 aliphatic rings. The normalized spacial score (nSPS) is 16.9. The van der Waals surface area contributed by atoms with E-state index in [2.05, 4.69) is 440 Å². The van der Waals surface area contributed by atoms with Gasteiger partial charge in [-0.25, -0.2) is 0 Å². The zero-order chi connectivity index (χ0) is 90.9. The number of rotatable bonds is 7. The summed E-state index contributed by atoms with van der Waals surface area (Å²) in [7, 11) is 0. The summed E-state index contributed by atoms with van der Waals surface area (Å²) in [6, 6.07) is 118. The lowest BCUT2D eigenvalue weighted by Gasteiger charge is -2.30. The smallest absolute Gasteiger partial charge is 0.144 e. The van der Waals surface area contributed by atoms with Crippen LogP contribution in [0.15, 0.2) is 312 Å². The molecule has 27 rings (SSSR count). The molecule has 2 heterocycles. The summed E-state index contributed by atoms with van der Waals surface area (Å²) in [5.74, 6) is 0. The predicted molar refractivity (Wildman–Crippen MR) is 557 cm³/mol. The molecule has 0 amide bonds. The number of furan rings is 2. The number of hydrogen-bond acceptors (Lipinski definition) is 3. The van der Waals surface area contributed by atoms with Gasteiger partial charge < -0.3 is 13.7 Å². The second-order valence-corrected chi connectivity index (χ2v) is 45.4. The molecule has 17 aromatic carbocycles. The van der Waals surface area contributed by atoms with Crippen molar-refractivity contribution in [1.29, 1.82) is 0 Å². The van der Waals surface area contributed by atoms with E-state index in [0.717, 1.165) is 50.2 Å². The molecule has 2 aromatic heterocycles. The molecule has 0 saturated heterocycles. The maximum absolute atomic E-state index is 7.36. The van der Waals surface area contributed by atoms with Gasteiger partial charge in [-0.1, -0.05) is 314 Å². The third-order valence-corrected chi connectivity index (χ3v) is 34.4. The Bertz CT molecular complexity index is 8110. The highest BCUT2D eigenvalue weighted by molar-refractivity contribution is 6.21. The van der Waals surface area contributed by atoms with Crippen LogP contribution in [-0.4, -0.2) is 0 Å². The summed E-state index contributed by atoms with van der Waals surface area (Å²) in [6.45, 7) is 45.8. The molecule has 644 valence electrons. The van der Waals surface area contributed by atoms with Crippen LogP contribution < -0.4 is 4.90 Å². The van der Waals surface area contributed by atoms with Crippen LogP contribution in [0.4, 0.5) is 17.1 Å². The highest BCUT2D eigenvalue weighted by atomic mass is 16.3. The van der Waals surface area contributed by atoms with Crippen molar-refractivity contribution >= 4 is 60.9 Å². The van der Waals surface area contributed by atoms with Crippen molar-refractivity contribution in [2.24, 2.45) is 0 Å². The van der Waals surface area contributed by atoms with E-state index in [0.29, 0.717) is 0 Å². The van der Waals surface area contributed by atoms with Gasteiger partial charge in [0, 0.05) is 93.1 Å². The van der Waals surface area contributed by atoms with Crippen LogP contribution in [0.5, 0.6) is 0 Å². The highest BCUT2D eigenvalue weighted by Gasteiger charge is 2.49. The fraction of sp³-hybridized carbons (Fsp3) is 0.215. The maximum atomic E-state index is 7.36. The Kier molecular flexibility index (Phi) is 15.3. The molecule has 3 nitrogen and oxygen atoms in total. The summed E-state index contributed by atoms with van der Waals surface area (Å²) in [5, 5.41) is 4.64. The second-order valence-electron chi connectivity index (χ2n) is 45.4. The van der Waals surface area contributed by atoms with Crippen LogP contribution >= 0.6 is 0 Å². The van der Waals surface area contributed by atoms with Crippen LogP contribution in [0.3, 0.4) is 0 Å². The fourth-order valence-corrected chi connectivity index (χ4v) is 26.8. The van der Waals surface area contributed by atoms with Crippen LogP contribution in [-0.2, 0) is 48.7 Å². The molecule has 0 aliphatic heterocycles. The van der Waals surface area contributed by atoms with E-state index in [9.17, 15) is 0 Å². The van der Waals surface area contributed by atoms with Crippen LogP contribution in [0.25, 0.3) is 177 Å². The number of anilines is 3. The molecule has 0 saturated carbocycles. The average Bonchev–Trinajstić information content (AvgIpc) is 1.52. The van der Waals surface area contributed by atoms with E-state index in [1.54, 1.807) is 0 Å². The van der Waals surface area contributed by atoms with Gasteiger partial charge >= 0.3 is 0 Å². The van der Waals surface area contributed by atoms with Crippen LogP contribution in [0.1, 0.15) is 226 Å². The first-order valence-corrected chi connectivity index (χ1v) is 48.2. The predicted octanol–water partition coefficient (Wildman–Crippen LogP) is 35.4. The molecule has 0 atom stereocenters. The van der Waals surface area contributed by atoms with E-state index in [4.69, 9.17) is 8.83 Å². The molecule has 3 heteroatoms. The van der Waals surface area contributed by atoms with Gasteiger partial charge in [0.05, 0.1) is 0 Å². The molecule has 133 heavy (non-hydrogen) atoms. The minimum Gasteiger partial charge on any atom is -0.455 e. The second kappa shape index (κ2) is 25.7. The average molecular weight is 1720 g/mol. The number of benzene rings is 17. The van der Waals surface area contributed by atoms with E-state index >= 15 is 0 Å². The lowest BCUT2D eigenvalue weighted by atomic mass is 9.78. The van der Waals surface area contributed by atoms with Gasteiger partial charge in [0.2, 0.25) is 0 Å². The first kappa shape index (κ1) is 78.9. The zero-order valence-electron chi connectivity index (χ0n) is 79.6. The Labute approximate surface area is 780 Å². The summed E-state index contributed by atoms with van der Waals surface area (Å²) < 4.78 is 14.7. The molecule has 0 bridgehead atoms. The molecule has 0 N–H and O–H groups in total. The molecular formula is C130H107NO2. The molecule has 8 aliphatic carbocycles. The van der Waals surface area contributed by atoms with Crippen molar-refractivity contribution in [3.63, 3.8) is 0 Å². The lowest BCUT2D eigenvalue weighted by Crippen LogP contribution is -2.18. The summed E-state index contributed by atoms with van der Waals surface area (Å²) in [6.07, 6.45) is 0. The third kappa shape index (κ3) is 10.3. The van der Waals surface area contributed by atoms with Gasteiger partial charge in [-0.2, -0.15) is 0 Å². The van der Waals surface area contributed by atoms with E-state index in [1.165, 1.54) is 239 Å². The molecule has 19 aromatic rings. The zero-order valence-corrected chi connectivity index (χ0v) is 79.6. The molecule has 0 fully saturated rings. The highest BCUT2D eigenvalue weighted by Crippen LogP contribution is 2.66. The fourth-order valence-electron chi connectivity index (χ4n) is 26.8. The van der Waals surface area contributed by atoms with Gasteiger partial charge in [0.25, 0.3) is 0 Å². The molecule has 0 radical (unpaired) electrons. The number of fused-ring (bicyclic) bond motifs is 32. The Balaban J connectivity index is 0.525. The number of nitrogens with zero attached hydrogens (tertiary/aromatic N) is 1. The maximum Gasteiger partial charge on any atom is 0.144 e. The number of para-hydroxylation sites is 2. The first-order chi connectivity index (χ1) is 63.6. The van der Waals surface area contributed by atoms with Crippen LogP contribution in [0.2, 0.25) is 0 Å².